The van der Waals surface area contributed by atoms with Crippen molar-refractivity contribution in [1.82, 2.24) is 0 Å². The van der Waals surface area contributed by atoms with E-state index >= 15 is 0 Å². The van der Waals surface area contributed by atoms with Gasteiger partial charge in [0, 0.05) is 0 Å². The zero-order valence-electron chi connectivity index (χ0n) is 8.71. The molecule has 0 radical (unpaired) electrons. The van der Waals surface area contributed by atoms with Crippen molar-refractivity contribution in [2.24, 2.45) is 0 Å². The van der Waals surface area contributed by atoms with E-state index in [1.54, 1.807) is 12.1 Å². The summed E-state index contributed by atoms with van der Waals surface area (Å²) in [5, 5.41) is 8.88. The Hall–Kier alpha value is -1.16. The summed E-state index contributed by atoms with van der Waals surface area (Å²) in [5.74, 6) is 0.248. The Morgan fingerprint density at radius 3 is 2.47 bits per heavy atom. The van der Waals surface area contributed by atoms with Gasteiger partial charge in [-0.15, -0.1) is 0 Å². The lowest BCUT2D eigenvalue weighted by molar-refractivity contribution is -0.0506. The molecule has 15 heavy (non-hydrogen) atoms. The second-order valence-electron chi connectivity index (χ2n) is 3.56. The van der Waals surface area contributed by atoms with Crippen LogP contribution in [0.1, 0.15) is 30.9 Å². The number of aliphatic hydroxyl groups is 1. The molecule has 0 amide bonds. The maximum Gasteiger partial charge on any atom is 0.387 e. The molecule has 0 fully saturated rings. The van der Waals surface area contributed by atoms with Gasteiger partial charge in [0.15, 0.2) is 0 Å². The molecule has 1 aromatic carbocycles. The third-order valence-corrected chi connectivity index (χ3v) is 2.10. The van der Waals surface area contributed by atoms with Crippen LogP contribution in [0, 0.1) is 0 Å². The largest absolute Gasteiger partial charge is 0.435 e. The summed E-state index contributed by atoms with van der Waals surface area (Å²) < 4.78 is 28.6. The Kier molecular flexibility index (Phi) is 4.03. The summed E-state index contributed by atoms with van der Waals surface area (Å²) in [6.07, 6.45) is 0. The van der Waals surface area contributed by atoms with E-state index in [-0.39, 0.29) is 18.3 Å². The number of hydrogen-bond acceptors (Lipinski definition) is 2. The number of halogens is 2. The van der Waals surface area contributed by atoms with Crippen LogP contribution in [0.15, 0.2) is 18.2 Å². The minimum absolute atomic E-state index is 0.103. The molecule has 0 aliphatic carbocycles. The van der Waals surface area contributed by atoms with E-state index in [1.165, 1.54) is 6.07 Å². The maximum atomic E-state index is 12.1. The van der Waals surface area contributed by atoms with Gasteiger partial charge in [0.05, 0.1) is 6.61 Å². The Morgan fingerprint density at radius 2 is 2.00 bits per heavy atom. The van der Waals surface area contributed by atoms with Crippen molar-refractivity contribution >= 4 is 0 Å². The first-order chi connectivity index (χ1) is 7.04. The van der Waals surface area contributed by atoms with E-state index < -0.39 is 6.61 Å². The van der Waals surface area contributed by atoms with Gasteiger partial charge in [0.25, 0.3) is 0 Å². The van der Waals surface area contributed by atoms with Gasteiger partial charge >= 0.3 is 6.61 Å². The third-order valence-electron chi connectivity index (χ3n) is 2.10. The smallest absolute Gasteiger partial charge is 0.387 e. The Bertz CT molecular complexity index is 324. The first kappa shape index (κ1) is 11.9. The summed E-state index contributed by atoms with van der Waals surface area (Å²) in [5.41, 5.74) is 1.28. The van der Waals surface area contributed by atoms with Crippen LogP contribution >= 0.6 is 0 Å². The van der Waals surface area contributed by atoms with Crippen LogP contribution < -0.4 is 4.74 Å². The van der Waals surface area contributed by atoms with Crippen molar-refractivity contribution in [2.45, 2.75) is 33.0 Å². The summed E-state index contributed by atoms with van der Waals surface area (Å²) >= 11 is 0. The highest BCUT2D eigenvalue weighted by atomic mass is 19.3. The van der Waals surface area contributed by atoms with Gasteiger partial charge in [-0.3, -0.25) is 0 Å². The molecule has 0 aliphatic heterocycles. The summed E-state index contributed by atoms with van der Waals surface area (Å²) in [6.45, 7) is 0.771. The van der Waals surface area contributed by atoms with Crippen molar-refractivity contribution < 1.29 is 18.6 Å². The molecule has 0 aliphatic rings. The monoisotopic (exact) mass is 216 g/mol. The van der Waals surface area contributed by atoms with E-state index in [4.69, 9.17) is 5.11 Å². The van der Waals surface area contributed by atoms with E-state index in [1.807, 2.05) is 13.8 Å². The van der Waals surface area contributed by atoms with E-state index in [0.717, 1.165) is 0 Å². The molecule has 1 aromatic rings. The van der Waals surface area contributed by atoms with Crippen molar-refractivity contribution in [1.29, 1.82) is 0 Å². The molecule has 0 aromatic heterocycles. The highest BCUT2D eigenvalue weighted by Crippen LogP contribution is 2.28. The predicted molar refractivity (Wildman–Crippen MR) is 53.1 cm³/mol. The third kappa shape index (κ3) is 3.16. The highest BCUT2D eigenvalue weighted by molar-refractivity contribution is 5.39. The maximum absolute atomic E-state index is 12.1. The Labute approximate surface area is 87.5 Å². The first-order valence-electron chi connectivity index (χ1n) is 4.73. The number of aliphatic hydroxyl groups excluding tert-OH is 1. The molecule has 0 saturated carbocycles. The molecule has 0 heterocycles. The lowest BCUT2D eigenvalue weighted by Gasteiger charge is -2.14. The normalized spacial score (nSPS) is 11.1. The van der Waals surface area contributed by atoms with Gasteiger partial charge in [-0.05, 0) is 23.1 Å². The van der Waals surface area contributed by atoms with Crippen LogP contribution in [-0.2, 0) is 6.61 Å². The predicted octanol–water partition coefficient (Wildman–Crippen LogP) is 2.90. The van der Waals surface area contributed by atoms with Crippen molar-refractivity contribution in [3.8, 4) is 5.75 Å². The molecule has 2 nitrogen and oxygen atoms in total. The van der Waals surface area contributed by atoms with E-state index in [9.17, 15) is 8.78 Å². The second kappa shape index (κ2) is 5.07. The molecule has 0 saturated heterocycles. The van der Waals surface area contributed by atoms with Gasteiger partial charge in [0.1, 0.15) is 5.75 Å². The lowest BCUT2D eigenvalue weighted by atomic mass is 10.0. The molecule has 1 rings (SSSR count). The fourth-order valence-corrected chi connectivity index (χ4v) is 1.35. The van der Waals surface area contributed by atoms with Crippen LogP contribution in [0.5, 0.6) is 5.75 Å². The minimum Gasteiger partial charge on any atom is -0.435 e. The lowest BCUT2D eigenvalue weighted by Crippen LogP contribution is -2.05. The second-order valence-corrected chi connectivity index (χ2v) is 3.56. The standard InChI is InChI=1S/C11H14F2O2/c1-7(2)9-4-3-8(6-14)5-10(9)15-11(12)13/h3-5,7,11,14H,6H2,1-2H3. The molecule has 0 spiro atoms. The van der Waals surface area contributed by atoms with Gasteiger partial charge in [-0.1, -0.05) is 26.0 Å². The van der Waals surface area contributed by atoms with E-state index in [2.05, 4.69) is 4.74 Å². The average Bonchev–Trinajstić information content (AvgIpc) is 2.16. The van der Waals surface area contributed by atoms with Gasteiger partial charge < -0.3 is 9.84 Å². The number of benzene rings is 1. The zero-order valence-corrected chi connectivity index (χ0v) is 8.71. The number of hydrogen-bond donors (Lipinski definition) is 1. The molecule has 84 valence electrons. The van der Waals surface area contributed by atoms with Crippen LogP contribution in [-0.4, -0.2) is 11.7 Å². The van der Waals surface area contributed by atoms with Crippen molar-refractivity contribution in [3.05, 3.63) is 29.3 Å². The average molecular weight is 216 g/mol. The summed E-state index contributed by atoms with van der Waals surface area (Å²) in [4.78, 5) is 0. The van der Waals surface area contributed by atoms with Crippen LogP contribution in [0.4, 0.5) is 8.78 Å². The topological polar surface area (TPSA) is 29.5 Å². The Morgan fingerprint density at radius 1 is 1.33 bits per heavy atom. The number of rotatable bonds is 4. The fourth-order valence-electron chi connectivity index (χ4n) is 1.35. The SMILES string of the molecule is CC(C)c1ccc(CO)cc1OC(F)F. The van der Waals surface area contributed by atoms with Crippen LogP contribution in [0.2, 0.25) is 0 Å². The van der Waals surface area contributed by atoms with Crippen molar-refractivity contribution in [3.63, 3.8) is 0 Å². The van der Waals surface area contributed by atoms with Crippen molar-refractivity contribution in [2.75, 3.05) is 0 Å². The fraction of sp³-hybridized carbons (Fsp3) is 0.455. The Balaban J connectivity index is 3.05. The molecule has 0 bridgehead atoms. The quantitative estimate of drug-likeness (QED) is 0.838. The van der Waals surface area contributed by atoms with Crippen LogP contribution in [0.25, 0.3) is 0 Å². The van der Waals surface area contributed by atoms with Gasteiger partial charge in [-0.2, -0.15) is 8.78 Å². The minimum atomic E-state index is -2.84. The highest BCUT2D eigenvalue weighted by Gasteiger charge is 2.12. The van der Waals surface area contributed by atoms with Crippen LogP contribution in [0.3, 0.4) is 0 Å². The first-order valence-corrected chi connectivity index (χ1v) is 4.73. The van der Waals surface area contributed by atoms with Gasteiger partial charge in [0.2, 0.25) is 0 Å². The summed E-state index contributed by atoms with van der Waals surface area (Å²) in [7, 11) is 0. The van der Waals surface area contributed by atoms with Gasteiger partial charge in [-0.25, -0.2) is 0 Å². The molecule has 4 heteroatoms. The summed E-state index contributed by atoms with van der Waals surface area (Å²) in [6, 6.07) is 4.85. The van der Waals surface area contributed by atoms with E-state index in [0.29, 0.717) is 11.1 Å². The zero-order chi connectivity index (χ0) is 11.4. The number of alkyl halides is 2. The molecular weight excluding hydrogens is 202 g/mol. The molecule has 0 atom stereocenters. The molecular formula is C11H14F2O2. The number of ether oxygens (including phenoxy) is 1. The molecule has 0 unspecified atom stereocenters. The molecule has 1 N–H and O–H groups in total.